The number of hydrogen-bond acceptors (Lipinski definition) is 6. The molecule has 5 N–H and O–H groups in total. The Balaban J connectivity index is 2.00. The van der Waals surface area contributed by atoms with Crippen LogP contribution in [0.5, 0.6) is 0 Å². The number of carbonyl (C=O) groups is 1. The summed E-state index contributed by atoms with van der Waals surface area (Å²) in [5.74, 6) is 5.86. The summed E-state index contributed by atoms with van der Waals surface area (Å²) < 4.78 is 1.72. The Bertz CT molecular complexity index is 579. The molecule has 0 aliphatic heterocycles. The maximum Gasteiger partial charge on any atom is 0.265 e. The monoisotopic (exact) mass is 278 g/mol. The topological polar surface area (TPSA) is 112 Å². The Hall–Kier alpha value is -2.06. The maximum atomic E-state index is 11.3. The number of anilines is 1. The Morgan fingerprint density at radius 3 is 2.58 bits per heavy atom. The van der Waals surface area contributed by atoms with Crippen molar-refractivity contribution in [1.29, 1.82) is 0 Å². The van der Waals surface area contributed by atoms with Gasteiger partial charge in [-0.25, -0.2) is 5.84 Å². The van der Waals surface area contributed by atoms with E-state index in [4.69, 9.17) is 11.6 Å². The molecule has 0 fully saturated rings. The van der Waals surface area contributed by atoms with Gasteiger partial charge in [-0.2, -0.15) is 0 Å². The third kappa shape index (κ3) is 3.04. The van der Waals surface area contributed by atoms with Gasteiger partial charge in [-0.05, 0) is 17.7 Å². The molecule has 0 bridgehead atoms. The third-order valence-corrected chi connectivity index (χ3v) is 3.68. The van der Waals surface area contributed by atoms with Crippen LogP contribution in [0.3, 0.4) is 0 Å². The number of nitrogens with two attached hydrogens (primary N) is 2. The fourth-order valence-electron chi connectivity index (χ4n) is 1.44. The zero-order valence-corrected chi connectivity index (χ0v) is 11.1. The minimum Gasteiger partial charge on any atom is -0.368 e. The fourth-order valence-corrected chi connectivity index (χ4v) is 2.31. The number of amides is 1. The molecule has 0 atom stereocenters. The van der Waals surface area contributed by atoms with Crippen LogP contribution in [0.4, 0.5) is 5.95 Å². The molecule has 0 saturated carbocycles. The van der Waals surface area contributed by atoms with Crippen molar-refractivity contribution < 1.29 is 4.79 Å². The minimum absolute atomic E-state index is 0.305. The molecular weight excluding hydrogens is 264 g/mol. The summed E-state index contributed by atoms with van der Waals surface area (Å²) in [7, 11) is 1.81. The molecule has 0 aliphatic carbocycles. The molecule has 8 heteroatoms. The lowest BCUT2D eigenvalue weighted by Crippen LogP contribution is -2.29. The van der Waals surface area contributed by atoms with Gasteiger partial charge in [0.15, 0.2) is 5.16 Å². The van der Waals surface area contributed by atoms with Crippen molar-refractivity contribution in [2.75, 3.05) is 5.73 Å². The molecule has 1 aromatic heterocycles. The van der Waals surface area contributed by atoms with Crippen molar-refractivity contribution in [2.45, 2.75) is 10.9 Å². The second-order valence-corrected chi connectivity index (χ2v) is 4.80. The van der Waals surface area contributed by atoms with Crippen LogP contribution in [-0.2, 0) is 12.8 Å². The molecule has 1 aromatic carbocycles. The van der Waals surface area contributed by atoms with Crippen LogP contribution >= 0.6 is 11.8 Å². The minimum atomic E-state index is -0.305. The van der Waals surface area contributed by atoms with Gasteiger partial charge in [0.25, 0.3) is 5.91 Å². The van der Waals surface area contributed by atoms with Crippen molar-refractivity contribution in [3.8, 4) is 0 Å². The summed E-state index contributed by atoms with van der Waals surface area (Å²) in [6.07, 6.45) is 0. The molecule has 100 valence electrons. The number of benzene rings is 1. The van der Waals surface area contributed by atoms with Crippen molar-refractivity contribution in [2.24, 2.45) is 12.9 Å². The molecule has 1 amide bonds. The largest absolute Gasteiger partial charge is 0.368 e. The van der Waals surface area contributed by atoms with E-state index >= 15 is 0 Å². The van der Waals surface area contributed by atoms with Crippen LogP contribution < -0.4 is 17.0 Å². The van der Waals surface area contributed by atoms with Gasteiger partial charge in [0.1, 0.15) is 0 Å². The summed E-state index contributed by atoms with van der Waals surface area (Å²) in [4.78, 5) is 11.3. The average Bonchev–Trinajstić information content (AvgIpc) is 2.76. The molecule has 2 rings (SSSR count). The first kappa shape index (κ1) is 13.4. The van der Waals surface area contributed by atoms with E-state index in [-0.39, 0.29) is 5.91 Å². The highest BCUT2D eigenvalue weighted by molar-refractivity contribution is 7.98. The fraction of sp³-hybridized carbons (Fsp3) is 0.182. The highest BCUT2D eigenvalue weighted by Crippen LogP contribution is 2.21. The van der Waals surface area contributed by atoms with Crippen molar-refractivity contribution in [3.05, 3.63) is 35.4 Å². The molecule has 2 aromatic rings. The first-order valence-corrected chi connectivity index (χ1v) is 6.48. The van der Waals surface area contributed by atoms with Crippen LogP contribution in [0.15, 0.2) is 29.4 Å². The number of nitrogens with zero attached hydrogens (tertiary/aromatic N) is 3. The summed E-state index contributed by atoms with van der Waals surface area (Å²) >= 11 is 1.53. The number of thioether (sulfide) groups is 1. The number of nitrogen functional groups attached to an aromatic ring is 2. The summed E-state index contributed by atoms with van der Waals surface area (Å²) in [5, 5.41) is 8.49. The molecule has 1 heterocycles. The Morgan fingerprint density at radius 1 is 1.37 bits per heavy atom. The lowest BCUT2D eigenvalue weighted by atomic mass is 10.1. The smallest absolute Gasteiger partial charge is 0.265 e. The van der Waals surface area contributed by atoms with Crippen LogP contribution in [0.1, 0.15) is 15.9 Å². The lowest BCUT2D eigenvalue weighted by Gasteiger charge is -2.03. The Kier molecular flexibility index (Phi) is 4.03. The highest BCUT2D eigenvalue weighted by Gasteiger charge is 2.07. The number of aromatic nitrogens is 3. The molecular formula is C11H14N6OS. The van der Waals surface area contributed by atoms with E-state index in [9.17, 15) is 4.79 Å². The van der Waals surface area contributed by atoms with Gasteiger partial charge in [-0.3, -0.25) is 14.8 Å². The van der Waals surface area contributed by atoms with Gasteiger partial charge in [-0.1, -0.05) is 23.9 Å². The van der Waals surface area contributed by atoms with Gasteiger partial charge in [0, 0.05) is 18.4 Å². The maximum absolute atomic E-state index is 11.3. The van der Waals surface area contributed by atoms with Gasteiger partial charge in [-0.15, -0.1) is 10.2 Å². The van der Waals surface area contributed by atoms with E-state index in [2.05, 4.69) is 15.6 Å². The molecule has 0 saturated heterocycles. The Morgan fingerprint density at radius 2 is 2.05 bits per heavy atom. The highest BCUT2D eigenvalue weighted by atomic mass is 32.2. The van der Waals surface area contributed by atoms with Crippen LogP contribution in [0.2, 0.25) is 0 Å². The van der Waals surface area contributed by atoms with E-state index < -0.39 is 0 Å². The van der Waals surface area contributed by atoms with Crippen LogP contribution in [0, 0.1) is 0 Å². The molecule has 7 nitrogen and oxygen atoms in total. The van der Waals surface area contributed by atoms with Crippen molar-refractivity contribution in [1.82, 2.24) is 20.2 Å². The van der Waals surface area contributed by atoms with Crippen molar-refractivity contribution in [3.63, 3.8) is 0 Å². The van der Waals surface area contributed by atoms with E-state index in [1.807, 2.05) is 19.2 Å². The molecule has 0 unspecified atom stereocenters. The number of rotatable bonds is 4. The number of nitrogens with one attached hydrogen (secondary N) is 1. The van der Waals surface area contributed by atoms with Gasteiger partial charge in [0.05, 0.1) is 0 Å². The van der Waals surface area contributed by atoms with Crippen LogP contribution in [0.25, 0.3) is 0 Å². The lowest BCUT2D eigenvalue weighted by molar-refractivity contribution is 0.0953. The number of hydrazine groups is 1. The van der Waals surface area contributed by atoms with Gasteiger partial charge in [0.2, 0.25) is 5.95 Å². The molecule has 0 spiro atoms. The average molecular weight is 278 g/mol. The van der Waals surface area contributed by atoms with Gasteiger partial charge >= 0.3 is 0 Å². The summed E-state index contributed by atoms with van der Waals surface area (Å²) in [6.45, 7) is 0. The zero-order valence-electron chi connectivity index (χ0n) is 10.3. The Labute approximate surface area is 114 Å². The zero-order chi connectivity index (χ0) is 13.8. The van der Waals surface area contributed by atoms with E-state index in [1.54, 1.807) is 16.7 Å². The van der Waals surface area contributed by atoms with Crippen LogP contribution in [-0.4, -0.2) is 20.7 Å². The summed E-state index contributed by atoms with van der Waals surface area (Å²) in [6, 6.07) is 7.20. The SMILES string of the molecule is Cn1c(N)nnc1SCc1ccc(C(=O)NN)cc1. The molecule has 0 aliphatic rings. The number of hydrogen-bond donors (Lipinski definition) is 3. The normalized spacial score (nSPS) is 10.4. The quantitative estimate of drug-likeness (QED) is 0.321. The standard InChI is InChI=1S/C11H14N6OS/c1-17-10(12)15-16-11(17)19-6-7-2-4-8(5-3-7)9(18)14-13/h2-5H,6,13H2,1H3,(H2,12,15)(H,14,18). The number of carbonyl (C=O) groups excluding carboxylic acids is 1. The first-order chi connectivity index (χ1) is 9.11. The predicted molar refractivity (Wildman–Crippen MR) is 73.1 cm³/mol. The summed E-state index contributed by atoms with van der Waals surface area (Å²) in [5.41, 5.74) is 9.28. The predicted octanol–water partition coefficient (Wildman–Crippen LogP) is 0.293. The second kappa shape index (κ2) is 5.72. The van der Waals surface area contributed by atoms with E-state index in [1.165, 1.54) is 11.8 Å². The van der Waals surface area contributed by atoms with Crippen molar-refractivity contribution >= 4 is 23.6 Å². The third-order valence-electron chi connectivity index (χ3n) is 2.58. The molecule has 19 heavy (non-hydrogen) atoms. The van der Waals surface area contributed by atoms with Gasteiger partial charge < -0.3 is 5.73 Å². The second-order valence-electron chi connectivity index (χ2n) is 3.86. The first-order valence-electron chi connectivity index (χ1n) is 5.49. The van der Waals surface area contributed by atoms with E-state index in [0.717, 1.165) is 16.5 Å². The van der Waals surface area contributed by atoms with E-state index in [0.29, 0.717) is 11.5 Å². The molecule has 0 radical (unpaired) electrons.